The summed E-state index contributed by atoms with van der Waals surface area (Å²) in [6.45, 7) is 21.3. The van der Waals surface area contributed by atoms with Crippen LogP contribution < -0.4 is 0 Å². The van der Waals surface area contributed by atoms with E-state index in [1.807, 2.05) is 6.92 Å². The molecule has 1 nitrogen and oxygen atoms in total. The minimum atomic E-state index is 0.354. The molecule has 0 bridgehead atoms. The predicted molar refractivity (Wildman–Crippen MR) is 137 cm³/mol. The zero-order chi connectivity index (χ0) is 23.3. The van der Waals surface area contributed by atoms with Crippen LogP contribution in [0.1, 0.15) is 113 Å². The Morgan fingerprint density at radius 1 is 1.06 bits per heavy atom. The molecule has 3 saturated carbocycles. The second kappa shape index (κ2) is 9.14. The van der Waals surface area contributed by atoms with Gasteiger partial charge in [0.25, 0.3) is 0 Å². The summed E-state index contributed by atoms with van der Waals surface area (Å²) < 4.78 is 6.09. The molecule has 0 aliphatic heterocycles. The Hall–Kier alpha value is -0.720. The highest BCUT2D eigenvalue weighted by Crippen LogP contribution is 2.68. The van der Waals surface area contributed by atoms with Gasteiger partial charge in [-0.25, -0.2) is 0 Å². The van der Waals surface area contributed by atoms with E-state index < -0.39 is 0 Å². The lowest BCUT2D eigenvalue weighted by Gasteiger charge is -2.60. The third-order valence-electron chi connectivity index (χ3n) is 11.0. The molecule has 9 atom stereocenters. The van der Waals surface area contributed by atoms with Crippen molar-refractivity contribution >= 4 is 0 Å². The maximum Gasteiger partial charge on any atom is 0.102 e. The van der Waals surface area contributed by atoms with Crippen LogP contribution in [0, 0.1) is 52.3 Å². The predicted octanol–water partition coefficient (Wildman–Crippen LogP) is 9.19. The Morgan fingerprint density at radius 2 is 1.81 bits per heavy atom. The molecule has 0 spiro atoms. The molecule has 3 fully saturated rings. The quantitative estimate of drug-likeness (QED) is 0.283. The van der Waals surface area contributed by atoms with E-state index in [2.05, 4.69) is 54.2 Å². The number of fused-ring (bicyclic) bond motifs is 5. The van der Waals surface area contributed by atoms with Crippen molar-refractivity contribution in [2.45, 2.75) is 119 Å². The van der Waals surface area contributed by atoms with Gasteiger partial charge in [0.1, 0.15) is 6.10 Å². The largest absolute Gasteiger partial charge is 0.495 e. The first-order valence-corrected chi connectivity index (χ1v) is 14.1. The summed E-state index contributed by atoms with van der Waals surface area (Å²) in [5, 5.41) is 0. The Balaban J connectivity index is 1.51. The lowest BCUT2D eigenvalue weighted by atomic mass is 9.45. The Bertz CT molecular complexity index is 718. The molecule has 182 valence electrons. The standard InChI is InChI=1S/C31H52O/c1-20(2)10-9-11-22(5)26-12-13-27-29-23(6)18-24-19-25(32-21(3)4)14-16-30(24,7)28(29)15-17-31(26,27)8/h18,20,22-23,25-29H,3,9-17,19H2,1-2,4-8H3/t22?,23-,25?,26?,27?,28?,29?,30+,31-/m1/s1. The van der Waals surface area contributed by atoms with Gasteiger partial charge in [-0.05, 0) is 97.7 Å². The fourth-order valence-corrected chi connectivity index (χ4v) is 9.39. The molecular weight excluding hydrogens is 388 g/mol. The molecule has 6 unspecified atom stereocenters. The normalized spacial score (nSPS) is 44.3. The maximum absolute atomic E-state index is 6.09. The van der Waals surface area contributed by atoms with Crippen LogP contribution in [0.15, 0.2) is 24.0 Å². The summed E-state index contributed by atoms with van der Waals surface area (Å²) in [6.07, 6.45) is 16.9. The molecule has 4 aliphatic carbocycles. The summed E-state index contributed by atoms with van der Waals surface area (Å²) in [5.74, 6) is 7.03. The van der Waals surface area contributed by atoms with Crippen molar-refractivity contribution in [3.8, 4) is 0 Å². The van der Waals surface area contributed by atoms with E-state index in [0.717, 1.165) is 53.6 Å². The second-order valence-corrected chi connectivity index (χ2v) is 13.5. The number of rotatable bonds is 7. The smallest absolute Gasteiger partial charge is 0.102 e. The van der Waals surface area contributed by atoms with E-state index in [4.69, 9.17) is 4.74 Å². The van der Waals surface area contributed by atoms with E-state index in [1.165, 1.54) is 57.8 Å². The van der Waals surface area contributed by atoms with Crippen molar-refractivity contribution in [1.82, 2.24) is 0 Å². The van der Waals surface area contributed by atoms with Crippen LogP contribution in [-0.4, -0.2) is 6.10 Å². The molecule has 0 aromatic rings. The molecule has 0 radical (unpaired) electrons. The Kier molecular flexibility index (Phi) is 6.97. The number of ether oxygens (including phenoxy) is 1. The number of allylic oxidation sites excluding steroid dienone is 2. The maximum atomic E-state index is 6.09. The van der Waals surface area contributed by atoms with Crippen LogP contribution in [0.25, 0.3) is 0 Å². The molecule has 0 amide bonds. The molecule has 0 aromatic heterocycles. The SMILES string of the molecule is C=C(C)OC1CC[C@@]2(C)C(=C[C@@H](C)C3C4CCC(C(C)CCCC(C)C)[C@@]4(C)CCC32)C1. The molecule has 0 aromatic carbocycles. The summed E-state index contributed by atoms with van der Waals surface area (Å²) in [6, 6.07) is 0. The Morgan fingerprint density at radius 3 is 2.50 bits per heavy atom. The van der Waals surface area contributed by atoms with Crippen LogP contribution in [-0.2, 0) is 4.74 Å². The molecule has 32 heavy (non-hydrogen) atoms. The highest BCUT2D eigenvalue weighted by Gasteiger charge is 2.60. The van der Waals surface area contributed by atoms with Crippen molar-refractivity contribution in [2.24, 2.45) is 52.3 Å². The van der Waals surface area contributed by atoms with Gasteiger partial charge in [0.05, 0.1) is 5.76 Å². The van der Waals surface area contributed by atoms with Gasteiger partial charge in [0.15, 0.2) is 0 Å². The van der Waals surface area contributed by atoms with Gasteiger partial charge in [-0.1, -0.05) is 79.0 Å². The van der Waals surface area contributed by atoms with Crippen molar-refractivity contribution < 1.29 is 4.74 Å². The zero-order valence-corrected chi connectivity index (χ0v) is 22.4. The van der Waals surface area contributed by atoms with Gasteiger partial charge in [0.2, 0.25) is 0 Å². The highest BCUT2D eigenvalue weighted by atomic mass is 16.5. The summed E-state index contributed by atoms with van der Waals surface area (Å²) >= 11 is 0. The summed E-state index contributed by atoms with van der Waals surface area (Å²) in [5.41, 5.74) is 2.72. The lowest BCUT2D eigenvalue weighted by Crippen LogP contribution is -2.53. The van der Waals surface area contributed by atoms with Crippen LogP contribution >= 0.6 is 0 Å². The van der Waals surface area contributed by atoms with E-state index in [9.17, 15) is 0 Å². The first-order chi connectivity index (χ1) is 15.1. The first-order valence-electron chi connectivity index (χ1n) is 14.1. The van der Waals surface area contributed by atoms with Crippen LogP contribution in [0.5, 0.6) is 0 Å². The van der Waals surface area contributed by atoms with Crippen LogP contribution in [0.3, 0.4) is 0 Å². The zero-order valence-electron chi connectivity index (χ0n) is 22.4. The van der Waals surface area contributed by atoms with E-state index in [0.29, 0.717) is 16.9 Å². The average molecular weight is 441 g/mol. The topological polar surface area (TPSA) is 9.23 Å². The van der Waals surface area contributed by atoms with E-state index in [-0.39, 0.29) is 0 Å². The molecular formula is C31H52O. The third-order valence-corrected chi connectivity index (χ3v) is 11.0. The Labute approximate surface area is 199 Å². The lowest BCUT2D eigenvalue weighted by molar-refractivity contribution is -0.0746. The van der Waals surface area contributed by atoms with E-state index in [1.54, 1.807) is 5.57 Å². The monoisotopic (exact) mass is 440 g/mol. The fourth-order valence-electron chi connectivity index (χ4n) is 9.39. The minimum Gasteiger partial charge on any atom is -0.495 e. The van der Waals surface area contributed by atoms with Crippen molar-refractivity contribution in [2.75, 3.05) is 0 Å². The molecule has 0 saturated heterocycles. The molecule has 4 rings (SSSR count). The minimum absolute atomic E-state index is 0.354. The molecule has 1 heteroatoms. The van der Waals surface area contributed by atoms with Gasteiger partial charge in [0, 0.05) is 6.42 Å². The molecule has 0 N–H and O–H groups in total. The number of hydrogen-bond acceptors (Lipinski definition) is 1. The first kappa shape index (κ1) is 24.4. The van der Waals surface area contributed by atoms with Gasteiger partial charge < -0.3 is 4.74 Å². The van der Waals surface area contributed by atoms with E-state index >= 15 is 0 Å². The summed E-state index contributed by atoms with van der Waals surface area (Å²) in [4.78, 5) is 0. The second-order valence-electron chi connectivity index (χ2n) is 13.5. The fraction of sp³-hybridized carbons (Fsp3) is 0.871. The number of hydrogen-bond donors (Lipinski definition) is 0. The van der Waals surface area contributed by atoms with Gasteiger partial charge in [-0.2, -0.15) is 0 Å². The highest BCUT2D eigenvalue weighted by molar-refractivity contribution is 5.27. The average Bonchev–Trinajstić information content (AvgIpc) is 3.05. The molecule has 0 heterocycles. The van der Waals surface area contributed by atoms with Crippen molar-refractivity contribution in [3.63, 3.8) is 0 Å². The molecule has 4 aliphatic rings. The third kappa shape index (κ3) is 4.24. The van der Waals surface area contributed by atoms with Crippen molar-refractivity contribution in [1.29, 1.82) is 0 Å². The van der Waals surface area contributed by atoms with Crippen LogP contribution in [0.2, 0.25) is 0 Å². The van der Waals surface area contributed by atoms with Crippen molar-refractivity contribution in [3.05, 3.63) is 24.0 Å². The van der Waals surface area contributed by atoms with Crippen LogP contribution in [0.4, 0.5) is 0 Å². The summed E-state index contributed by atoms with van der Waals surface area (Å²) in [7, 11) is 0. The van der Waals surface area contributed by atoms with Gasteiger partial charge in [-0.3, -0.25) is 0 Å². The van der Waals surface area contributed by atoms with Gasteiger partial charge >= 0.3 is 0 Å². The van der Waals surface area contributed by atoms with Gasteiger partial charge in [-0.15, -0.1) is 0 Å².